The summed E-state index contributed by atoms with van der Waals surface area (Å²) in [4.78, 5) is 34.0. The number of benzene rings is 1. The number of amides is 1. The molecule has 126 valence electrons. The molecule has 0 aliphatic carbocycles. The first-order valence-electron chi connectivity index (χ1n) is 7.06. The number of piperazine rings is 1. The van der Waals surface area contributed by atoms with E-state index in [-0.39, 0.29) is 5.91 Å². The number of anilines is 1. The normalized spacial score (nSPS) is 13.6. The largest absolute Gasteiger partial charge is 0.473 e. The second-order valence-corrected chi connectivity index (χ2v) is 5.10. The number of carbonyl (C=O) groups excluding carboxylic acids is 1. The van der Waals surface area contributed by atoms with Crippen LogP contribution in [0.25, 0.3) is 0 Å². The van der Waals surface area contributed by atoms with Gasteiger partial charge in [-0.1, -0.05) is 6.07 Å². The van der Waals surface area contributed by atoms with E-state index < -0.39 is 11.9 Å². The van der Waals surface area contributed by atoms with Gasteiger partial charge >= 0.3 is 11.9 Å². The molecule has 0 radical (unpaired) electrons. The highest BCUT2D eigenvalue weighted by Gasteiger charge is 2.13. The van der Waals surface area contributed by atoms with Crippen LogP contribution in [0, 0.1) is 0 Å². The highest BCUT2D eigenvalue weighted by molar-refractivity contribution is 6.27. The molecule has 0 spiro atoms. The van der Waals surface area contributed by atoms with Crippen molar-refractivity contribution < 1.29 is 24.6 Å². The minimum Gasteiger partial charge on any atom is -0.473 e. The number of carboxylic acids is 2. The molecule has 1 aliphatic heterocycles. The fraction of sp³-hybridized carbons (Fsp3) is 0.400. The average Bonchev–Trinajstić information content (AvgIpc) is 2.55. The van der Waals surface area contributed by atoms with E-state index in [1.807, 2.05) is 18.2 Å². The average molecular weight is 323 g/mol. The highest BCUT2D eigenvalue weighted by atomic mass is 16.4. The van der Waals surface area contributed by atoms with Gasteiger partial charge in [-0.25, -0.2) is 9.59 Å². The van der Waals surface area contributed by atoms with Gasteiger partial charge in [-0.05, 0) is 18.2 Å². The van der Waals surface area contributed by atoms with Crippen molar-refractivity contribution in [2.75, 3.05) is 45.2 Å². The molecule has 8 heteroatoms. The number of hydrogen-bond acceptors (Lipinski definition) is 5. The number of nitrogens with zero attached hydrogens (tertiary/aromatic N) is 2. The van der Waals surface area contributed by atoms with E-state index in [4.69, 9.17) is 19.8 Å². The summed E-state index contributed by atoms with van der Waals surface area (Å²) in [6, 6.07) is 7.87. The van der Waals surface area contributed by atoms with Gasteiger partial charge in [0.1, 0.15) is 0 Å². The Balaban J connectivity index is 0.000000379. The quantitative estimate of drug-likeness (QED) is 0.655. The molecule has 1 fully saturated rings. The van der Waals surface area contributed by atoms with Crippen LogP contribution in [0.15, 0.2) is 24.3 Å². The van der Waals surface area contributed by atoms with Gasteiger partial charge in [0.15, 0.2) is 0 Å². The van der Waals surface area contributed by atoms with Crippen molar-refractivity contribution in [3.63, 3.8) is 0 Å². The molecular weight excluding hydrogens is 302 g/mol. The zero-order valence-corrected chi connectivity index (χ0v) is 13.2. The molecule has 3 N–H and O–H groups in total. The fourth-order valence-corrected chi connectivity index (χ4v) is 2.02. The molecule has 1 aromatic carbocycles. The maximum atomic E-state index is 11.9. The van der Waals surface area contributed by atoms with Crippen LogP contribution in [0.1, 0.15) is 10.4 Å². The summed E-state index contributed by atoms with van der Waals surface area (Å²) < 4.78 is 0. The lowest BCUT2D eigenvalue weighted by atomic mass is 10.1. The van der Waals surface area contributed by atoms with Crippen molar-refractivity contribution in [3.8, 4) is 0 Å². The van der Waals surface area contributed by atoms with Gasteiger partial charge in [0.25, 0.3) is 5.91 Å². The Bertz CT molecular complexity index is 556. The molecule has 0 unspecified atom stereocenters. The maximum Gasteiger partial charge on any atom is 0.414 e. The summed E-state index contributed by atoms with van der Waals surface area (Å²) in [6.45, 7) is 4.01. The molecule has 0 saturated carbocycles. The third-order valence-corrected chi connectivity index (χ3v) is 3.16. The maximum absolute atomic E-state index is 11.9. The lowest BCUT2D eigenvalue weighted by molar-refractivity contribution is -0.159. The summed E-state index contributed by atoms with van der Waals surface area (Å²) >= 11 is 0. The lowest BCUT2D eigenvalue weighted by Crippen LogP contribution is -2.43. The van der Waals surface area contributed by atoms with E-state index in [2.05, 4.69) is 16.3 Å². The predicted octanol–water partition coefficient (Wildman–Crippen LogP) is -0.0464. The Morgan fingerprint density at radius 1 is 1.09 bits per heavy atom. The Hall–Kier alpha value is -2.61. The van der Waals surface area contributed by atoms with Crippen molar-refractivity contribution in [3.05, 3.63) is 29.8 Å². The van der Waals surface area contributed by atoms with E-state index in [1.54, 1.807) is 19.0 Å². The van der Waals surface area contributed by atoms with Crippen LogP contribution in [0.5, 0.6) is 0 Å². The zero-order chi connectivity index (χ0) is 17.4. The van der Waals surface area contributed by atoms with Crippen LogP contribution >= 0.6 is 0 Å². The van der Waals surface area contributed by atoms with Crippen molar-refractivity contribution in [1.82, 2.24) is 10.2 Å². The molecule has 8 nitrogen and oxygen atoms in total. The molecule has 23 heavy (non-hydrogen) atoms. The van der Waals surface area contributed by atoms with Crippen molar-refractivity contribution in [1.29, 1.82) is 0 Å². The molecule has 1 aliphatic rings. The smallest absolute Gasteiger partial charge is 0.414 e. The lowest BCUT2D eigenvalue weighted by Gasteiger charge is -2.29. The number of carbonyl (C=O) groups is 3. The first-order chi connectivity index (χ1) is 10.8. The zero-order valence-electron chi connectivity index (χ0n) is 13.2. The molecule has 1 amide bonds. The molecule has 1 aromatic rings. The monoisotopic (exact) mass is 323 g/mol. The minimum absolute atomic E-state index is 0.0574. The van der Waals surface area contributed by atoms with Gasteiger partial charge in [-0.15, -0.1) is 0 Å². The van der Waals surface area contributed by atoms with Gasteiger partial charge in [0, 0.05) is 51.5 Å². The molecule has 0 atom stereocenters. The molecule has 1 heterocycles. The third kappa shape index (κ3) is 5.95. The van der Waals surface area contributed by atoms with E-state index in [0.29, 0.717) is 0 Å². The summed E-state index contributed by atoms with van der Waals surface area (Å²) in [5.41, 5.74) is 1.89. The SMILES string of the molecule is CN(C)C(=O)c1cccc(N2CCNCC2)c1.O=C(O)C(=O)O. The summed E-state index contributed by atoms with van der Waals surface area (Å²) in [5, 5.41) is 18.1. The van der Waals surface area contributed by atoms with E-state index >= 15 is 0 Å². The van der Waals surface area contributed by atoms with Gasteiger partial charge in [0.05, 0.1) is 0 Å². The van der Waals surface area contributed by atoms with Crippen LogP contribution in [0.3, 0.4) is 0 Å². The molecular formula is C15H21N3O5. The van der Waals surface area contributed by atoms with Crippen LogP contribution < -0.4 is 10.2 Å². The second-order valence-electron chi connectivity index (χ2n) is 5.10. The van der Waals surface area contributed by atoms with Gasteiger partial charge < -0.3 is 25.3 Å². The first-order valence-corrected chi connectivity index (χ1v) is 7.06. The van der Waals surface area contributed by atoms with Crippen LogP contribution in [0.4, 0.5) is 5.69 Å². The highest BCUT2D eigenvalue weighted by Crippen LogP contribution is 2.17. The molecule has 0 bridgehead atoms. The minimum atomic E-state index is -1.82. The molecule has 2 rings (SSSR count). The Morgan fingerprint density at radius 2 is 1.65 bits per heavy atom. The Kier molecular flexibility index (Phi) is 7.01. The third-order valence-electron chi connectivity index (χ3n) is 3.16. The number of carboxylic acid groups (broad SMARTS) is 2. The molecule has 0 aromatic heterocycles. The second kappa shape index (κ2) is 8.74. The number of aliphatic carboxylic acids is 2. The summed E-state index contributed by atoms with van der Waals surface area (Å²) in [5.74, 6) is -3.59. The number of nitrogens with one attached hydrogen (secondary N) is 1. The number of rotatable bonds is 2. The standard InChI is InChI=1S/C13H19N3O.C2H2O4/c1-15(2)13(17)11-4-3-5-12(10-11)16-8-6-14-7-9-16;3-1(4)2(5)6/h3-5,10,14H,6-9H2,1-2H3;(H,3,4)(H,5,6). The summed E-state index contributed by atoms with van der Waals surface area (Å²) in [7, 11) is 3.56. The van der Waals surface area contributed by atoms with Crippen LogP contribution in [0.2, 0.25) is 0 Å². The first kappa shape index (κ1) is 18.4. The van der Waals surface area contributed by atoms with Gasteiger partial charge in [-0.3, -0.25) is 4.79 Å². The Labute approximate surface area is 134 Å². The van der Waals surface area contributed by atoms with Gasteiger partial charge in [0.2, 0.25) is 0 Å². The van der Waals surface area contributed by atoms with Crippen LogP contribution in [-0.4, -0.2) is 73.2 Å². The van der Waals surface area contributed by atoms with E-state index in [9.17, 15) is 4.79 Å². The van der Waals surface area contributed by atoms with Crippen molar-refractivity contribution >= 4 is 23.5 Å². The van der Waals surface area contributed by atoms with Crippen LogP contribution in [-0.2, 0) is 9.59 Å². The molecule has 1 saturated heterocycles. The van der Waals surface area contributed by atoms with E-state index in [1.165, 1.54) is 0 Å². The fourth-order valence-electron chi connectivity index (χ4n) is 2.02. The van der Waals surface area contributed by atoms with Crippen molar-refractivity contribution in [2.45, 2.75) is 0 Å². The predicted molar refractivity (Wildman–Crippen MR) is 84.8 cm³/mol. The topological polar surface area (TPSA) is 110 Å². The van der Waals surface area contributed by atoms with Crippen molar-refractivity contribution in [2.24, 2.45) is 0 Å². The number of hydrogen-bond donors (Lipinski definition) is 3. The van der Waals surface area contributed by atoms with Gasteiger partial charge in [-0.2, -0.15) is 0 Å². The van der Waals surface area contributed by atoms with E-state index in [0.717, 1.165) is 37.4 Å². The Morgan fingerprint density at radius 3 is 2.13 bits per heavy atom. The summed E-state index contributed by atoms with van der Waals surface area (Å²) in [6.07, 6.45) is 0.